The van der Waals surface area contributed by atoms with Gasteiger partial charge in [-0.15, -0.1) is 11.6 Å². The first-order chi connectivity index (χ1) is 8.49. The third-order valence-corrected chi connectivity index (χ3v) is 3.35. The van der Waals surface area contributed by atoms with E-state index in [4.69, 9.17) is 11.6 Å². The monoisotopic (exact) mass is 298 g/mol. The summed E-state index contributed by atoms with van der Waals surface area (Å²) in [6.45, 7) is 7.56. The molecule has 0 aliphatic carbocycles. The van der Waals surface area contributed by atoms with Crippen LogP contribution in [0.15, 0.2) is 36.9 Å². The average molecular weight is 299 g/mol. The Hall–Kier alpha value is -0.990. The Kier molecular flexibility index (Phi) is 5.45. The summed E-state index contributed by atoms with van der Waals surface area (Å²) < 4.78 is 2.12. The summed E-state index contributed by atoms with van der Waals surface area (Å²) in [5, 5.41) is 0. The van der Waals surface area contributed by atoms with Crippen molar-refractivity contribution in [3.05, 3.63) is 53.6 Å². The molecular weight excluding hydrogens is 279 g/mol. The number of rotatable bonds is 3. The molecule has 19 heavy (non-hydrogen) atoms. The fourth-order valence-corrected chi connectivity index (χ4v) is 2.15. The predicted molar refractivity (Wildman–Crippen MR) is 74.8 cm³/mol. The first kappa shape index (κ1) is 16.1. The first-order valence-electron chi connectivity index (χ1n) is 6.20. The lowest BCUT2D eigenvalue weighted by Crippen LogP contribution is -3.00. The Morgan fingerprint density at radius 3 is 2.37 bits per heavy atom. The number of hydrogen-bond acceptors (Lipinski definition) is 0. The quantitative estimate of drug-likeness (QED) is 0.625. The molecule has 0 aliphatic heterocycles. The maximum Gasteiger partial charge on any atom is 0.241 e. The van der Waals surface area contributed by atoms with Crippen LogP contribution in [-0.2, 0) is 17.8 Å². The van der Waals surface area contributed by atoms with Gasteiger partial charge in [0.15, 0.2) is 0 Å². The lowest BCUT2D eigenvalue weighted by atomic mass is 9.85. The molecule has 0 saturated carbocycles. The highest BCUT2D eigenvalue weighted by molar-refractivity contribution is 6.17. The third kappa shape index (κ3) is 4.26. The molecule has 104 valence electrons. The Morgan fingerprint density at radius 2 is 1.84 bits per heavy atom. The van der Waals surface area contributed by atoms with E-state index in [1.807, 2.05) is 18.7 Å². The highest BCUT2D eigenvalue weighted by atomic mass is 35.5. The van der Waals surface area contributed by atoms with Gasteiger partial charge in [-0.3, -0.25) is 4.98 Å². The minimum atomic E-state index is 0. The van der Waals surface area contributed by atoms with Crippen molar-refractivity contribution in [2.24, 2.45) is 0 Å². The molecule has 2 aromatic rings. The molecule has 0 amide bonds. The number of aromatic nitrogens is 2. The first-order valence-corrected chi connectivity index (χ1v) is 6.73. The molecule has 0 saturated heterocycles. The molecule has 0 bridgehead atoms. The van der Waals surface area contributed by atoms with E-state index in [9.17, 15) is 0 Å². The molecule has 1 aromatic carbocycles. The number of aromatic amines is 1. The molecule has 0 aliphatic rings. The van der Waals surface area contributed by atoms with Crippen molar-refractivity contribution >= 4 is 11.6 Å². The molecule has 0 radical (unpaired) electrons. The predicted octanol–water partition coefficient (Wildman–Crippen LogP) is 0.391. The van der Waals surface area contributed by atoms with Gasteiger partial charge in [-0.05, 0) is 22.1 Å². The number of benzene rings is 1. The zero-order valence-corrected chi connectivity index (χ0v) is 13.1. The van der Waals surface area contributed by atoms with Crippen LogP contribution < -0.4 is 17.0 Å². The van der Waals surface area contributed by atoms with Gasteiger partial charge in [0.05, 0.1) is 0 Å². The van der Waals surface area contributed by atoms with Gasteiger partial charge in [-0.2, -0.15) is 0 Å². The topological polar surface area (TPSA) is 19.7 Å². The van der Waals surface area contributed by atoms with Crippen LogP contribution in [0.3, 0.4) is 0 Å². The van der Waals surface area contributed by atoms with E-state index in [2.05, 4.69) is 48.5 Å². The number of nitrogens with zero attached hydrogens (tertiary/aromatic N) is 1. The van der Waals surface area contributed by atoms with E-state index in [0.29, 0.717) is 5.88 Å². The second-order valence-corrected chi connectivity index (χ2v) is 5.97. The number of halogens is 2. The van der Waals surface area contributed by atoms with E-state index < -0.39 is 0 Å². The molecule has 0 unspecified atom stereocenters. The molecule has 0 spiro atoms. The molecule has 1 N–H and O–H groups in total. The van der Waals surface area contributed by atoms with Gasteiger partial charge >= 0.3 is 0 Å². The maximum absolute atomic E-state index is 5.99. The minimum Gasteiger partial charge on any atom is -1.00 e. The summed E-state index contributed by atoms with van der Waals surface area (Å²) in [7, 11) is 0. The Labute approximate surface area is 126 Å². The van der Waals surface area contributed by atoms with Gasteiger partial charge < -0.3 is 12.4 Å². The van der Waals surface area contributed by atoms with Crippen LogP contribution in [0, 0.1) is 0 Å². The number of hydrogen-bond donors (Lipinski definition) is 1. The number of alkyl halides is 1. The highest BCUT2D eigenvalue weighted by Gasteiger charge is 2.15. The Balaban J connectivity index is 0.00000180. The highest BCUT2D eigenvalue weighted by Crippen LogP contribution is 2.25. The molecule has 4 heteroatoms. The van der Waals surface area contributed by atoms with Crippen molar-refractivity contribution in [1.29, 1.82) is 0 Å². The molecule has 1 aromatic heterocycles. The second kappa shape index (κ2) is 6.44. The van der Waals surface area contributed by atoms with E-state index in [1.165, 1.54) is 16.7 Å². The van der Waals surface area contributed by atoms with Crippen molar-refractivity contribution in [1.82, 2.24) is 4.98 Å². The molecule has 0 fully saturated rings. The van der Waals surface area contributed by atoms with Crippen molar-refractivity contribution in [2.45, 2.75) is 38.6 Å². The van der Waals surface area contributed by atoms with Crippen molar-refractivity contribution < 1.29 is 17.0 Å². The largest absolute Gasteiger partial charge is 1.00 e. The number of imidazole rings is 1. The van der Waals surface area contributed by atoms with Crippen LogP contribution >= 0.6 is 11.6 Å². The Bertz CT molecular complexity index is 513. The second-order valence-electron chi connectivity index (χ2n) is 5.71. The summed E-state index contributed by atoms with van der Waals surface area (Å²) in [5.41, 5.74) is 3.98. The van der Waals surface area contributed by atoms with Crippen LogP contribution in [0.5, 0.6) is 0 Å². The average Bonchev–Trinajstić information content (AvgIpc) is 2.80. The van der Waals surface area contributed by atoms with Gasteiger partial charge in [-0.25, -0.2) is 4.57 Å². The Morgan fingerprint density at radius 1 is 1.16 bits per heavy atom. The summed E-state index contributed by atoms with van der Waals surface area (Å²) in [4.78, 5) is 3.06. The van der Waals surface area contributed by atoms with Gasteiger partial charge in [0.25, 0.3) is 0 Å². The van der Waals surface area contributed by atoms with Crippen molar-refractivity contribution in [3.8, 4) is 0 Å². The van der Waals surface area contributed by atoms with E-state index in [1.54, 1.807) is 0 Å². The van der Waals surface area contributed by atoms with Crippen LogP contribution in [0.25, 0.3) is 0 Å². The SMILES string of the molecule is CC(C)(C)c1cc(CCl)cc(C[n+]2cc[nH]c2)c1.[Cl-]. The molecule has 0 atom stereocenters. The lowest BCUT2D eigenvalue weighted by Gasteiger charge is -2.20. The smallest absolute Gasteiger partial charge is 0.241 e. The zero-order chi connectivity index (χ0) is 13.2. The molecule has 2 nitrogen and oxygen atoms in total. The van der Waals surface area contributed by atoms with E-state index in [0.717, 1.165) is 6.54 Å². The molecule has 1 heterocycles. The summed E-state index contributed by atoms with van der Waals surface area (Å²) in [6, 6.07) is 6.66. The van der Waals surface area contributed by atoms with Crippen LogP contribution in [-0.4, -0.2) is 4.98 Å². The van der Waals surface area contributed by atoms with Crippen LogP contribution in [0.1, 0.15) is 37.5 Å². The molecular formula is C15H20Cl2N2. The van der Waals surface area contributed by atoms with Gasteiger partial charge in [0.1, 0.15) is 18.9 Å². The molecule has 2 rings (SSSR count). The number of nitrogens with one attached hydrogen (secondary N) is 1. The third-order valence-electron chi connectivity index (χ3n) is 3.04. The summed E-state index contributed by atoms with van der Waals surface area (Å²) in [6.07, 6.45) is 5.92. The van der Waals surface area contributed by atoms with Gasteiger partial charge in [0.2, 0.25) is 6.33 Å². The van der Waals surface area contributed by atoms with E-state index >= 15 is 0 Å². The fourth-order valence-electron chi connectivity index (χ4n) is 1.99. The van der Waals surface area contributed by atoms with Crippen molar-refractivity contribution in [3.63, 3.8) is 0 Å². The van der Waals surface area contributed by atoms with Crippen molar-refractivity contribution in [2.75, 3.05) is 0 Å². The minimum absolute atomic E-state index is 0. The summed E-state index contributed by atoms with van der Waals surface area (Å²) in [5.74, 6) is 0.564. The van der Waals surface area contributed by atoms with Gasteiger partial charge in [0, 0.05) is 5.88 Å². The maximum atomic E-state index is 5.99. The van der Waals surface area contributed by atoms with Crippen LogP contribution in [0.4, 0.5) is 0 Å². The normalized spacial score (nSPS) is 11.2. The summed E-state index contributed by atoms with van der Waals surface area (Å²) >= 11 is 5.99. The standard InChI is InChI=1S/C15H19ClN2.ClH/c1-15(2,3)14-7-12(9-16)6-13(8-14)10-18-5-4-17-11-18;/h4-8,11H,9-10H2,1-3H3;1H. The van der Waals surface area contributed by atoms with Crippen LogP contribution in [0.2, 0.25) is 0 Å². The lowest BCUT2D eigenvalue weighted by molar-refractivity contribution is -0.687. The van der Waals surface area contributed by atoms with E-state index in [-0.39, 0.29) is 17.8 Å². The fraction of sp³-hybridized carbons (Fsp3) is 0.400. The zero-order valence-electron chi connectivity index (χ0n) is 11.6. The van der Waals surface area contributed by atoms with Gasteiger partial charge in [-0.1, -0.05) is 39.0 Å². The number of H-pyrrole nitrogens is 1.